The van der Waals surface area contributed by atoms with Gasteiger partial charge in [-0.3, -0.25) is 3.96 Å². The Labute approximate surface area is 142 Å². The monoisotopic (exact) mass is 352 g/mol. The number of hydrogen-bond donors (Lipinski definition) is 0. The lowest BCUT2D eigenvalue weighted by atomic mass is 10.1. The summed E-state index contributed by atoms with van der Waals surface area (Å²) in [6.07, 6.45) is 4.98. The minimum Gasteiger partial charge on any atom is -0.298 e. The van der Waals surface area contributed by atoms with Crippen molar-refractivity contribution in [2.75, 3.05) is 0 Å². The van der Waals surface area contributed by atoms with Crippen molar-refractivity contribution in [3.8, 4) is 0 Å². The first kappa shape index (κ1) is 17.9. The first-order chi connectivity index (χ1) is 10.7. The molecule has 0 N–H and O–H groups in total. The molecule has 1 aromatic carbocycles. The molecule has 0 aliphatic carbocycles. The summed E-state index contributed by atoms with van der Waals surface area (Å²) in [4.78, 5) is 0.233. The SMILES string of the molecule is CCCCc1cn(C(C)(C)C)sc1=NS(=O)(=O)c1ccccc1. The molecule has 4 nitrogen and oxygen atoms in total. The van der Waals surface area contributed by atoms with E-state index in [-0.39, 0.29) is 10.4 Å². The Kier molecular flexibility index (Phi) is 5.47. The zero-order valence-electron chi connectivity index (χ0n) is 14.1. The Balaban J connectivity index is 2.54. The van der Waals surface area contributed by atoms with Gasteiger partial charge >= 0.3 is 0 Å². The third-order valence-corrected chi connectivity index (χ3v) is 6.22. The summed E-state index contributed by atoms with van der Waals surface area (Å²) in [5.74, 6) is 0. The molecule has 2 rings (SSSR count). The molecular formula is C17H24N2O2S2. The first-order valence-electron chi connectivity index (χ1n) is 7.82. The number of nitrogens with zero attached hydrogens (tertiary/aromatic N) is 2. The van der Waals surface area contributed by atoms with Crippen molar-refractivity contribution in [2.24, 2.45) is 4.40 Å². The molecule has 0 spiro atoms. The normalized spacial score (nSPS) is 13.5. The molecule has 0 atom stereocenters. The maximum absolute atomic E-state index is 12.5. The van der Waals surface area contributed by atoms with Crippen LogP contribution in [0.15, 0.2) is 45.8 Å². The Morgan fingerprint density at radius 3 is 2.39 bits per heavy atom. The maximum Gasteiger partial charge on any atom is 0.283 e. The molecule has 23 heavy (non-hydrogen) atoms. The van der Waals surface area contributed by atoms with E-state index in [2.05, 4.69) is 36.0 Å². The van der Waals surface area contributed by atoms with E-state index in [4.69, 9.17) is 0 Å². The molecule has 6 heteroatoms. The Morgan fingerprint density at radius 1 is 1.17 bits per heavy atom. The van der Waals surface area contributed by atoms with E-state index in [1.54, 1.807) is 30.3 Å². The molecule has 0 radical (unpaired) electrons. The highest BCUT2D eigenvalue weighted by Gasteiger charge is 2.18. The lowest BCUT2D eigenvalue weighted by molar-refractivity contribution is 0.427. The molecule has 2 aromatic rings. The number of hydrogen-bond acceptors (Lipinski definition) is 3. The highest BCUT2D eigenvalue weighted by Crippen LogP contribution is 2.19. The minimum atomic E-state index is -3.67. The fourth-order valence-electron chi connectivity index (χ4n) is 2.07. The standard InChI is InChI=1S/C17H24N2O2S2/c1-5-6-10-14-13-19(17(2,3)4)22-16(14)18-23(20,21)15-11-8-7-9-12-15/h7-9,11-13H,5-6,10H2,1-4H3. The van der Waals surface area contributed by atoms with Gasteiger partial charge in [0.15, 0.2) is 4.67 Å². The molecule has 0 unspecified atom stereocenters. The summed E-state index contributed by atoms with van der Waals surface area (Å²) in [7, 11) is -3.67. The van der Waals surface area contributed by atoms with E-state index in [1.165, 1.54) is 11.5 Å². The van der Waals surface area contributed by atoms with Gasteiger partial charge in [0.2, 0.25) is 0 Å². The number of sulfonamides is 1. The Morgan fingerprint density at radius 2 is 1.83 bits per heavy atom. The van der Waals surface area contributed by atoms with E-state index in [1.807, 2.05) is 6.20 Å². The van der Waals surface area contributed by atoms with E-state index in [0.29, 0.717) is 4.67 Å². The van der Waals surface area contributed by atoms with Crippen LogP contribution in [0.25, 0.3) is 0 Å². The second-order valence-electron chi connectivity index (χ2n) is 6.53. The van der Waals surface area contributed by atoms with Crippen LogP contribution in [0.2, 0.25) is 0 Å². The van der Waals surface area contributed by atoms with Crippen molar-refractivity contribution in [1.82, 2.24) is 3.96 Å². The minimum absolute atomic E-state index is 0.0874. The zero-order chi connectivity index (χ0) is 17.1. The molecule has 126 valence electrons. The van der Waals surface area contributed by atoms with Crippen molar-refractivity contribution in [3.05, 3.63) is 46.8 Å². The van der Waals surface area contributed by atoms with Gasteiger partial charge in [0.25, 0.3) is 10.0 Å². The van der Waals surface area contributed by atoms with Gasteiger partial charge in [-0.1, -0.05) is 31.5 Å². The lowest BCUT2D eigenvalue weighted by Gasteiger charge is -2.19. The molecule has 0 aliphatic heterocycles. The predicted molar refractivity (Wildman–Crippen MR) is 95.1 cm³/mol. The number of benzene rings is 1. The maximum atomic E-state index is 12.5. The Bertz CT molecular complexity index is 810. The smallest absolute Gasteiger partial charge is 0.283 e. The van der Waals surface area contributed by atoms with Crippen molar-refractivity contribution in [2.45, 2.75) is 57.4 Å². The van der Waals surface area contributed by atoms with E-state index in [0.717, 1.165) is 24.8 Å². The van der Waals surface area contributed by atoms with Crippen molar-refractivity contribution < 1.29 is 8.42 Å². The van der Waals surface area contributed by atoms with Crippen LogP contribution in [0.1, 0.15) is 46.1 Å². The topological polar surface area (TPSA) is 51.4 Å². The molecule has 0 fully saturated rings. The number of aryl methyl sites for hydroxylation is 1. The summed E-state index contributed by atoms with van der Waals surface area (Å²) in [5.41, 5.74) is 0.918. The van der Waals surface area contributed by atoms with Crippen molar-refractivity contribution >= 4 is 21.6 Å². The molecule has 1 aromatic heterocycles. The van der Waals surface area contributed by atoms with Crippen LogP contribution in [-0.4, -0.2) is 12.4 Å². The fourth-order valence-corrected chi connectivity index (χ4v) is 4.36. The average molecular weight is 353 g/mol. The van der Waals surface area contributed by atoms with Gasteiger partial charge in [0, 0.05) is 17.3 Å². The van der Waals surface area contributed by atoms with Gasteiger partial charge in [-0.2, -0.15) is 8.42 Å². The molecule has 0 saturated heterocycles. The molecule has 0 bridgehead atoms. The van der Waals surface area contributed by atoms with Crippen LogP contribution in [0, 0.1) is 0 Å². The van der Waals surface area contributed by atoms with Crippen LogP contribution in [0.4, 0.5) is 0 Å². The van der Waals surface area contributed by atoms with Gasteiger partial charge < -0.3 is 0 Å². The molecule has 1 heterocycles. The predicted octanol–water partition coefficient (Wildman–Crippen LogP) is 3.94. The van der Waals surface area contributed by atoms with Gasteiger partial charge in [-0.25, -0.2) is 0 Å². The second-order valence-corrected chi connectivity index (χ2v) is 9.10. The lowest BCUT2D eigenvalue weighted by Crippen LogP contribution is -2.18. The van der Waals surface area contributed by atoms with Crippen LogP contribution < -0.4 is 4.67 Å². The molecular weight excluding hydrogens is 328 g/mol. The van der Waals surface area contributed by atoms with Crippen LogP contribution in [0.5, 0.6) is 0 Å². The van der Waals surface area contributed by atoms with Gasteiger partial charge in [0.05, 0.1) is 4.90 Å². The summed E-state index contributed by atoms with van der Waals surface area (Å²) in [6, 6.07) is 8.38. The highest BCUT2D eigenvalue weighted by molar-refractivity contribution is 7.90. The summed E-state index contributed by atoms with van der Waals surface area (Å²) >= 11 is 1.41. The van der Waals surface area contributed by atoms with E-state index < -0.39 is 10.0 Å². The Hall–Kier alpha value is -1.40. The quantitative estimate of drug-likeness (QED) is 0.818. The summed E-state index contributed by atoms with van der Waals surface area (Å²) < 4.78 is 31.8. The molecule has 0 aliphatic rings. The van der Waals surface area contributed by atoms with Crippen molar-refractivity contribution in [1.29, 1.82) is 0 Å². The average Bonchev–Trinajstić information content (AvgIpc) is 2.88. The number of rotatable bonds is 5. The van der Waals surface area contributed by atoms with Crippen LogP contribution >= 0.6 is 11.5 Å². The van der Waals surface area contributed by atoms with Crippen LogP contribution in [-0.2, 0) is 22.0 Å². The van der Waals surface area contributed by atoms with Gasteiger partial charge in [0.1, 0.15) is 0 Å². The first-order valence-corrected chi connectivity index (χ1v) is 10.0. The number of unbranched alkanes of at least 4 members (excludes halogenated alkanes) is 1. The highest BCUT2D eigenvalue weighted by atomic mass is 32.2. The van der Waals surface area contributed by atoms with E-state index >= 15 is 0 Å². The van der Waals surface area contributed by atoms with Crippen LogP contribution in [0.3, 0.4) is 0 Å². The largest absolute Gasteiger partial charge is 0.298 e. The third kappa shape index (κ3) is 4.54. The summed E-state index contributed by atoms with van der Waals surface area (Å²) in [5, 5.41) is 0. The number of aromatic nitrogens is 1. The molecule has 0 amide bonds. The van der Waals surface area contributed by atoms with E-state index in [9.17, 15) is 8.42 Å². The van der Waals surface area contributed by atoms with Gasteiger partial charge in [-0.05, 0) is 57.3 Å². The third-order valence-electron chi connectivity index (χ3n) is 3.44. The molecule has 0 saturated carbocycles. The zero-order valence-corrected chi connectivity index (χ0v) is 15.7. The second kappa shape index (κ2) is 7.01. The summed E-state index contributed by atoms with van der Waals surface area (Å²) in [6.45, 7) is 8.43. The fraction of sp³-hybridized carbons (Fsp3) is 0.471. The van der Waals surface area contributed by atoms with Gasteiger partial charge in [-0.15, -0.1) is 4.40 Å². The van der Waals surface area contributed by atoms with Crippen molar-refractivity contribution in [3.63, 3.8) is 0 Å².